The fraction of sp³-hybridized carbons (Fsp3) is 0.500. The standard InChI is InChI=1S/C12H18F2N2/c1-2-10(16-6-5-15)7-9-3-4-11(13)12(14)8-9/h3-4,8,10,16H,2,5-7,15H2,1H3. The first-order valence-electron chi connectivity index (χ1n) is 5.54. The van der Waals surface area contributed by atoms with E-state index in [0.29, 0.717) is 13.0 Å². The third-order valence-corrected chi connectivity index (χ3v) is 2.54. The minimum Gasteiger partial charge on any atom is -0.329 e. The first kappa shape index (κ1) is 13.1. The van der Waals surface area contributed by atoms with Crippen LogP contribution in [0.1, 0.15) is 18.9 Å². The molecular weight excluding hydrogens is 210 g/mol. The van der Waals surface area contributed by atoms with Gasteiger partial charge in [0.15, 0.2) is 11.6 Å². The van der Waals surface area contributed by atoms with E-state index < -0.39 is 11.6 Å². The maximum absolute atomic E-state index is 13.0. The van der Waals surface area contributed by atoms with Crippen molar-refractivity contribution < 1.29 is 8.78 Å². The normalized spacial score (nSPS) is 12.8. The molecule has 0 saturated carbocycles. The summed E-state index contributed by atoms with van der Waals surface area (Å²) < 4.78 is 25.7. The van der Waals surface area contributed by atoms with Crippen molar-refractivity contribution in [3.05, 3.63) is 35.4 Å². The van der Waals surface area contributed by atoms with Gasteiger partial charge in [-0.25, -0.2) is 8.78 Å². The van der Waals surface area contributed by atoms with Gasteiger partial charge in [-0.05, 0) is 30.5 Å². The van der Waals surface area contributed by atoms with Gasteiger partial charge in [0.25, 0.3) is 0 Å². The predicted octanol–water partition coefficient (Wildman–Crippen LogP) is 1.83. The molecule has 0 aliphatic rings. The van der Waals surface area contributed by atoms with Crippen LogP contribution in [0.3, 0.4) is 0 Å². The molecule has 0 amide bonds. The van der Waals surface area contributed by atoms with Gasteiger partial charge >= 0.3 is 0 Å². The molecule has 1 rings (SSSR count). The van der Waals surface area contributed by atoms with Gasteiger partial charge in [-0.3, -0.25) is 0 Å². The van der Waals surface area contributed by atoms with E-state index in [1.165, 1.54) is 12.1 Å². The second kappa shape index (κ2) is 6.55. The van der Waals surface area contributed by atoms with Gasteiger partial charge < -0.3 is 11.1 Å². The van der Waals surface area contributed by atoms with Gasteiger partial charge in [0.05, 0.1) is 0 Å². The van der Waals surface area contributed by atoms with Crippen molar-refractivity contribution in [3.63, 3.8) is 0 Å². The lowest BCUT2D eigenvalue weighted by molar-refractivity contribution is 0.490. The van der Waals surface area contributed by atoms with Crippen LogP contribution in [0.2, 0.25) is 0 Å². The van der Waals surface area contributed by atoms with Crippen LogP contribution in [0, 0.1) is 11.6 Å². The molecule has 0 saturated heterocycles. The highest BCUT2D eigenvalue weighted by molar-refractivity contribution is 5.18. The molecule has 16 heavy (non-hydrogen) atoms. The van der Waals surface area contributed by atoms with Crippen LogP contribution < -0.4 is 11.1 Å². The van der Waals surface area contributed by atoms with E-state index in [4.69, 9.17) is 5.73 Å². The van der Waals surface area contributed by atoms with E-state index >= 15 is 0 Å². The quantitative estimate of drug-likeness (QED) is 0.779. The number of nitrogens with two attached hydrogens (primary N) is 1. The highest BCUT2D eigenvalue weighted by Crippen LogP contribution is 2.11. The molecule has 3 N–H and O–H groups in total. The zero-order valence-electron chi connectivity index (χ0n) is 9.47. The number of benzene rings is 1. The molecule has 1 atom stereocenters. The Bertz CT molecular complexity index is 329. The highest BCUT2D eigenvalue weighted by atomic mass is 19.2. The zero-order chi connectivity index (χ0) is 12.0. The van der Waals surface area contributed by atoms with Crippen molar-refractivity contribution in [2.75, 3.05) is 13.1 Å². The second-order valence-electron chi connectivity index (χ2n) is 3.80. The summed E-state index contributed by atoms with van der Waals surface area (Å²) in [6.07, 6.45) is 1.62. The summed E-state index contributed by atoms with van der Waals surface area (Å²) in [5.41, 5.74) is 6.20. The van der Waals surface area contributed by atoms with Crippen LogP contribution >= 0.6 is 0 Å². The second-order valence-corrected chi connectivity index (χ2v) is 3.80. The molecule has 1 unspecified atom stereocenters. The van der Waals surface area contributed by atoms with Gasteiger partial charge in [-0.2, -0.15) is 0 Å². The lowest BCUT2D eigenvalue weighted by atomic mass is 10.0. The molecule has 0 radical (unpaired) electrons. The molecule has 0 bridgehead atoms. The van der Waals surface area contributed by atoms with Crippen molar-refractivity contribution in [1.29, 1.82) is 0 Å². The number of nitrogens with one attached hydrogen (secondary N) is 1. The van der Waals surface area contributed by atoms with Crippen LogP contribution in [0.25, 0.3) is 0 Å². The fourth-order valence-corrected chi connectivity index (χ4v) is 1.60. The van der Waals surface area contributed by atoms with Crippen molar-refractivity contribution in [2.45, 2.75) is 25.8 Å². The van der Waals surface area contributed by atoms with Crippen molar-refractivity contribution in [1.82, 2.24) is 5.32 Å². The van der Waals surface area contributed by atoms with E-state index in [1.807, 2.05) is 6.92 Å². The third-order valence-electron chi connectivity index (χ3n) is 2.54. The SMILES string of the molecule is CCC(Cc1ccc(F)c(F)c1)NCCN. The summed E-state index contributed by atoms with van der Waals surface area (Å²) in [6.45, 7) is 3.37. The molecule has 0 spiro atoms. The fourth-order valence-electron chi connectivity index (χ4n) is 1.60. The maximum Gasteiger partial charge on any atom is 0.159 e. The Morgan fingerprint density at radius 2 is 2.06 bits per heavy atom. The van der Waals surface area contributed by atoms with Crippen molar-refractivity contribution >= 4 is 0 Å². The number of hydrogen-bond donors (Lipinski definition) is 2. The molecule has 2 nitrogen and oxygen atoms in total. The average molecular weight is 228 g/mol. The molecule has 90 valence electrons. The molecular formula is C12H18F2N2. The van der Waals surface area contributed by atoms with Crippen LogP contribution in [0.15, 0.2) is 18.2 Å². The van der Waals surface area contributed by atoms with Crippen LogP contribution in [-0.4, -0.2) is 19.1 Å². The predicted molar refractivity (Wildman–Crippen MR) is 61.2 cm³/mol. The van der Waals surface area contributed by atoms with Crippen molar-refractivity contribution in [3.8, 4) is 0 Å². The molecule has 0 heterocycles. The Morgan fingerprint density at radius 1 is 1.31 bits per heavy atom. The summed E-state index contributed by atoms with van der Waals surface area (Å²) in [5.74, 6) is -1.59. The maximum atomic E-state index is 13.0. The molecule has 0 aliphatic carbocycles. The first-order valence-corrected chi connectivity index (χ1v) is 5.54. The Morgan fingerprint density at radius 3 is 2.62 bits per heavy atom. The van der Waals surface area contributed by atoms with Gasteiger partial charge in [-0.1, -0.05) is 13.0 Å². The Hall–Kier alpha value is -1.00. The average Bonchev–Trinajstić information content (AvgIpc) is 2.29. The van der Waals surface area contributed by atoms with Gasteiger partial charge in [0, 0.05) is 19.1 Å². The lowest BCUT2D eigenvalue weighted by Crippen LogP contribution is -2.34. The third kappa shape index (κ3) is 3.87. The molecule has 1 aromatic carbocycles. The van der Waals surface area contributed by atoms with Gasteiger partial charge in [0.2, 0.25) is 0 Å². The summed E-state index contributed by atoms with van der Waals surface area (Å²) in [6, 6.07) is 4.29. The summed E-state index contributed by atoms with van der Waals surface area (Å²) in [7, 11) is 0. The monoisotopic (exact) mass is 228 g/mol. The van der Waals surface area contributed by atoms with E-state index in [1.54, 1.807) is 6.07 Å². The molecule has 0 fully saturated rings. The van der Waals surface area contributed by atoms with Crippen LogP contribution in [0.5, 0.6) is 0 Å². The zero-order valence-corrected chi connectivity index (χ0v) is 9.47. The van der Waals surface area contributed by atoms with E-state index in [9.17, 15) is 8.78 Å². The molecule has 4 heteroatoms. The Balaban J connectivity index is 2.59. The Kier molecular flexibility index (Phi) is 5.35. The van der Waals surface area contributed by atoms with Crippen molar-refractivity contribution in [2.24, 2.45) is 5.73 Å². The van der Waals surface area contributed by atoms with E-state index in [0.717, 1.165) is 18.5 Å². The lowest BCUT2D eigenvalue weighted by Gasteiger charge is -2.16. The summed E-state index contributed by atoms with van der Waals surface area (Å²) in [4.78, 5) is 0. The summed E-state index contributed by atoms with van der Waals surface area (Å²) >= 11 is 0. The summed E-state index contributed by atoms with van der Waals surface area (Å²) in [5, 5.41) is 3.26. The number of rotatable bonds is 6. The molecule has 1 aromatic rings. The van der Waals surface area contributed by atoms with Gasteiger partial charge in [-0.15, -0.1) is 0 Å². The van der Waals surface area contributed by atoms with Crippen LogP contribution in [0.4, 0.5) is 8.78 Å². The largest absolute Gasteiger partial charge is 0.329 e. The number of halogens is 2. The van der Waals surface area contributed by atoms with E-state index in [2.05, 4.69) is 5.32 Å². The topological polar surface area (TPSA) is 38.0 Å². The Labute approximate surface area is 94.8 Å². The van der Waals surface area contributed by atoms with Gasteiger partial charge in [0.1, 0.15) is 0 Å². The van der Waals surface area contributed by atoms with E-state index in [-0.39, 0.29) is 6.04 Å². The minimum atomic E-state index is -0.799. The first-order chi connectivity index (χ1) is 7.67. The number of hydrogen-bond acceptors (Lipinski definition) is 2. The molecule has 0 aliphatic heterocycles. The van der Waals surface area contributed by atoms with Crippen LogP contribution in [-0.2, 0) is 6.42 Å². The molecule has 0 aromatic heterocycles. The highest BCUT2D eigenvalue weighted by Gasteiger charge is 2.08. The smallest absolute Gasteiger partial charge is 0.159 e. The minimum absolute atomic E-state index is 0.258.